The average molecular weight is 202 g/mol. The van der Waals surface area contributed by atoms with Gasteiger partial charge in [0.15, 0.2) is 0 Å². The SMILES string of the molecule is COC(=O)c1c(C)c(Cl)c[nH]c1=O. The Morgan fingerprint density at radius 1 is 1.62 bits per heavy atom. The van der Waals surface area contributed by atoms with Crippen molar-refractivity contribution < 1.29 is 9.53 Å². The van der Waals surface area contributed by atoms with Gasteiger partial charge in [0.1, 0.15) is 5.56 Å². The molecule has 0 saturated heterocycles. The van der Waals surface area contributed by atoms with Gasteiger partial charge in [0.2, 0.25) is 0 Å². The summed E-state index contributed by atoms with van der Waals surface area (Å²) >= 11 is 5.71. The number of pyridine rings is 1. The van der Waals surface area contributed by atoms with E-state index in [0.717, 1.165) is 0 Å². The maximum atomic E-state index is 11.2. The zero-order valence-electron chi connectivity index (χ0n) is 7.18. The van der Waals surface area contributed by atoms with Crippen LogP contribution in [-0.2, 0) is 4.74 Å². The molecular formula is C8H8ClNO3. The number of aromatic nitrogens is 1. The molecule has 4 nitrogen and oxygen atoms in total. The van der Waals surface area contributed by atoms with Gasteiger partial charge in [-0.15, -0.1) is 0 Å². The fourth-order valence-corrected chi connectivity index (χ4v) is 1.10. The van der Waals surface area contributed by atoms with E-state index in [1.165, 1.54) is 13.3 Å². The smallest absolute Gasteiger partial charge is 0.343 e. The molecule has 1 N–H and O–H groups in total. The van der Waals surface area contributed by atoms with Crippen molar-refractivity contribution in [1.29, 1.82) is 0 Å². The van der Waals surface area contributed by atoms with Crippen LogP contribution in [-0.4, -0.2) is 18.1 Å². The summed E-state index contributed by atoms with van der Waals surface area (Å²) in [5, 5.41) is 0.333. The molecule has 0 amide bonds. The van der Waals surface area contributed by atoms with E-state index in [2.05, 4.69) is 9.72 Å². The highest BCUT2D eigenvalue weighted by Gasteiger charge is 2.15. The Morgan fingerprint density at radius 3 is 2.77 bits per heavy atom. The third kappa shape index (κ3) is 1.72. The van der Waals surface area contributed by atoms with Gasteiger partial charge >= 0.3 is 5.97 Å². The standard InChI is InChI=1S/C8H8ClNO3/c1-4-5(9)3-10-7(11)6(4)8(12)13-2/h3H,1-2H3,(H,10,11). The molecule has 1 heterocycles. The topological polar surface area (TPSA) is 59.2 Å². The lowest BCUT2D eigenvalue weighted by Gasteiger charge is -2.03. The van der Waals surface area contributed by atoms with Crippen LogP contribution in [0.2, 0.25) is 5.02 Å². The summed E-state index contributed by atoms with van der Waals surface area (Å²) < 4.78 is 4.44. The molecule has 0 aliphatic carbocycles. The van der Waals surface area contributed by atoms with Crippen molar-refractivity contribution in [1.82, 2.24) is 4.98 Å². The quantitative estimate of drug-likeness (QED) is 0.693. The maximum absolute atomic E-state index is 11.2. The summed E-state index contributed by atoms with van der Waals surface area (Å²) in [6.07, 6.45) is 1.34. The second kappa shape index (κ2) is 3.62. The summed E-state index contributed by atoms with van der Waals surface area (Å²) in [5.41, 5.74) is -0.110. The number of ether oxygens (including phenoxy) is 1. The number of halogens is 1. The number of hydrogen-bond donors (Lipinski definition) is 1. The molecule has 0 aliphatic heterocycles. The third-order valence-corrected chi connectivity index (χ3v) is 2.07. The highest BCUT2D eigenvalue weighted by atomic mass is 35.5. The van der Waals surface area contributed by atoms with E-state index in [1.807, 2.05) is 0 Å². The minimum Gasteiger partial charge on any atom is -0.465 e. The Kier molecular flexibility index (Phi) is 2.72. The Balaban J connectivity index is 3.42. The zero-order valence-corrected chi connectivity index (χ0v) is 7.94. The van der Waals surface area contributed by atoms with Gasteiger partial charge in [-0.3, -0.25) is 4.79 Å². The molecule has 1 aromatic rings. The summed E-state index contributed by atoms with van der Waals surface area (Å²) in [5.74, 6) is -0.679. The predicted octanol–water partition coefficient (Wildman–Crippen LogP) is 1.12. The number of carbonyl (C=O) groups excluding carboxylic acids is 1. The number of nitrogens with one attached hydrogen (secondary N) is 1. The van der Waals surface area contributed by atoms with Crippen LogP contribution in [0.15, 0.2) is 11.0 Å². The Hall–Kier alpha value is -1.29. The molecule has 1 rings (SSSR count). The van der Waals surface area contributed by atoms with Crippen molar-refractivity contribution in [2.24, 2.45) is 0 Å². The number of esters is 1. The van der Waals surface area contributed by atoms with Crippen molar-refractivity contribution in [3.05, 3.63) is 32.7 Å². The van der Waals surface area contributed by atoms with Gasteiger partial charge in [-0.25, -0.2) is 4.79 Å². The normalized spacial score (nSPS) is 9.77. The Labute approximate surface area is 79.5 Å². The molecule has 0 atom stereocenters. The lowest BCUT2D eigenvalue weighted by atomic mass is 10.1. The molecule has 0 aliphatic rings. The van der Waals surface area contributed by atoms with Gasteiger partial charge in [0, 0.05) is 6.20 Å². The van der Waals surface area contributed by atoms with Crippen molar-refractivity contribution >= 4 is 17.6 Å². The van der Waals surface area contributed by atoms with Crippen LogP contribution in [0.25, 0.3) is 0 Å². The second-order valence-corrected chi connectivity index (χ2v) is 2.86. The average Bonchev–Trinajstić information content (AvgIpc) is 2.12. The molecule has 1 aromatic heterocycles. The molecule has 0 radical (unpaired) electrons. The number of H-pyrrole nitrogens is 1. The Morgan fingerprint density at radius 2 is 2.23 bits per heavy atom. The first-order chi connectivity index (χ1) is 6.07. The number of rotatable bonds is 1. The van der Waals surface area contributed by atoms with Gasteiger partial charge in [0.05, 0.1) is 12.1 Å². The second-order valence-electron chi connectivity index (χ2n) is 2.46. The molecular weight excluding hydrogens is 194 g/mol. The van der Waals surface area contributed by atoms with Gasteiger partial charge in [0.25, 0.3) is 5.56 Å². The summed E-state index contributed by atoms with van der Waals surface area (Å²) in [6, 6.07) is 0. The van der Waals surface area contributed by atoms with E-state index in [-0.39, 0.29) is 5.56 Å². The van der Waals surface area contributed by atoms with Crippen LogP contribution in [0, 0.1) is 6.92 Å². The zero-order chi connectivity index (χ0) is 10.0. The first-order valence-electron chi connectivity index (χ1n) is 3.54. The van der Waals surface area contributed by atoms with E-state index in [9.17, 15) is 9.59 Å². The first kappa shape index (κ1) is 9.80. The van der Waals surface area contributed by atoms with Crippen LogP contribution in [0.4, 0.5) is 0 Å². The van der Waals surface area contributed by atoms with Gasteiger partial charge in [-0.1, -0.05) is 11.6 Å². The van der Waals surface area contributed by atoms with Gasteiger partial charge in [-0.05, 0) is 12.5 Å². The number of methoxy groups -OCH3 is 1. The van der Waals surface area contributed by atoms with E-state index < -0.39 is 11.5 Å². The van der Waals surface area contributed by atoms with E-state index in [0.29, 0.717) is 10.6 Å². The molecule has 0 unspecified atom stereocenters. The van der Waals surface area contributed by atoms with Crippen LogP contribution in [0.1, 0.15) is 15.9 Å². The largest absolute Gasteiger partial charge is 0.465 e. The summed E-state index contributed by atoms with van der Waals surface area (Å²) in [4.78, 5) is 24.6. The fourth-order valence-electron chi connectivity index (χ4n) is 0.947. The molecule has 0 spiro atoms. The van der Waals surface area contributed by atoms with Gasteiger partial charge < -0.3 is 9.72 Å². The minimum atomic E-state index is -0.679. The Bertz CT molecular complexity index is 397. The molecule has 5 heteroatoms. The predicted molar refractivity (Wildman–Crippen MR) is 48.1 cm³/mol. The fraction of sp³-hybridized carbons (Fsp3) is 0.250. The minimum absolute atomic E-state index is 0.0463. The monoisotopic (exact) mass is 201 g/mol. The molecule has 70 valence electrons. The lowest BCUT2D eigenvalue weighted by molar-refractivity contribution is 0.0598. The molecule has 0 saturated carbocycles. The van der Waals surface area contributed by atoms with Gasteiger partial charge in [-0.2, -0.15) is 0 Å². The van der Waals surface area contributed by atoms with Crippen molar-refractivity contribution in [3.8, 4) is 0 Å². The van der Waals surface area contributed by atoms with Crippen LogP contribution in [0.3, 0.4) is 0 Å². The van der Waals surface area contributed by atoms with Crippen molar-refractivity contribution in [2.45, 2.75) is 6.92 Å². The van der Waals surface area contributed by atoms with E-state index in [4.69, 9.17) is 11.6 Å². The van der Waals surface area contributed by atoms with Crippen LogP contribution in [0.5, 0.6) is 0 Å². The van der Waals surface area contributed by atoms with E-state index in [1.54, 1.807) is 6.92 Å². The third-order valence-electron chi connectivity index (χ3n) is 1.68. The van der Waals surface area contributed by atoms with Crippen molar-refractivity contribution in [3.63, 3.8) is 0 Å². The van der Waals surface area contributed by atoms with Crippen LogP contribution >= 0.6 is 11.6 Å². The lowest BCUT2D eigenvalue weighted by Crippen LogP contribution is -2.20. The van der Waals surface area contributed by atoms with Crippen LogP contribution < -0.4 is 5.56 Å². The molecule has 13 heavy (non-hydrogen) atoms. The van der Waals surface area contributed by atoms with Crippen molar-refractivity contribution in [2.75, 3.05) is 7.11 Å². The summed E-state index contributed by atoms with van der Waals surface area (Å²) in [6.45, 7) is 1.59. The molecule has 0 fully saturated rings. The highest BCUT2D eigenvalue weighted by Crippen LogP contribution is 2.14. The molecule has 0 bridgehead atoms. The maximum Gasteiger partial charge on any atom is 0.343 e. The number of carbonyl (C=O) groups is 1. The number of aromatic amines is 1. The molecule has 0 aromatic carbocycles. The van der Waals surface area contributed by atoms with E-state index >= 15 is 0 Å². The first-order valence-corrected chi connectivity index (χ1v) is 3.91. The highest BCUT2D eigenvalue weighted by molar-refractivity contribution is 6.31. The summed E-state index contributed by atoms with van der Waals surface area (Å²) in [7, 11) is 1.21. The number of hydrogen-bond acceptors (Lipinski definition) is 3.